The standard InChI is InChI=1S/C11H7BrO3/c12-10-5-7-3-8(13)2-1-6(7)4-9(10)11(14)15/h1-5,13H,(H,14,15). The number of benzene rings is 2. The van der Waals surface area contributed by atoms with Gasteiger partial charge in [0, 0.05) is 4.47 Å². The summed E-state index contributed by atoms with van der Waals surface area (Å²) < 4.78 is 0.508. The summed E-state index contributed by atoms with van der Waals surface area (Å²) >= 11 is 3.18. The lowest BCUT2D eigenvalue weighted by Crippen LogP contribution is -1.97. The van der Waals surface area contributed by atoms with Gasteiger partial charge >= 0.3 is 5.97 Å². The molecule has 0 unspecified atom stereocenters. The Kier molecular flexibility index (Phi) is 2.36. The monoisotopic (exact) mass is 266 g/mol. The summed E-state index contributed by atoms with van der Waals surface area (Å²) in [4.78, 5) is 10.9. The number of fused-ring (bicyclic) bond motifs is 1. The zero-order valence-electron chi connectivity index (χ0n) is 7.57. The zero-order chi connectivity index (χ0) is 11.0. The van der Waals surface area contributed by atoms with Gasteiger partial charge in [0.1, 0.15) is 5.75 Å². The van der Waals surface area contributed by atoms with E-state index in [0.717, 1.165) is 10.8 Å². The summed E-state index contributed by atoms with van der Waals surface area (Å²) in [7, 11) is 0. The molecule has 0 aliphatic heterocycles. The molecule has 0 saturated carbocycles. The fourth-order valence-corrected chi connectivity index (χ4v) is 1.95. The second kappa shape index (κ2) is 3.55. The van der Waals surface area contributed by atoms with E-state index >= 15 is 0 Å². The molecule has 0 heterocycles. The Morgan fingerprint density at radius 1 is 1.13 bits per heavy atom. The van der Waals surface area contributed by atoms with Crippen molar-refractivity contribution in [3.8, 4) is 5.75 Å². The predicted octanol–water partition coefficient (Wildman–Crippen LogP) is 3.01. The number of halogens is 1. The average molecular weight is 267 g/mol. The van der Waals surface area contributed by atoms with Crippen molar-refractivity contribution in [3.63, 3.8) is 0 Å². The van der Waals surface area contributed by atoms with Crippen molar-refractivity contribution in [3.05, 3.63) is 40.4 Å². The number of aromatic carboxylic acids is 1. The maximum Gasteiger partial charge on any atom is 0.336 e. The van der Waals surface area contributed by atoms with Crippen molar-refractivity contribution in [2.24, 2.45) is 0 Å². The van der Waals surface area contributed by atoms with Crippen LogP contribution in [0.15, 0.2) is 34.8 Å². The van der Waals surface area contributed by atoms with Gasteiger partial charge in [-0.15, -0.1) is 0 Å². The molecule has 0 aliphatic rings. The van der Waals surface area contributed by atoms with E-state index in [1.807, 2.05) is 0 Å². The number of carboxylic acids is 1. The Hall–Kier alpha value is -1.55. The summed E-state index contributed by atoms with van der Waals surface area (Å²) in [5, 5.41) is 19.8. The third-order valence-electron chi connectivity index (χ3n) is 2.14. The molecule has 4 heteroatoms. The Morgan fingerprint density at radius 2 is 1.87 bits per heavy atom. The number of hydrogen-bond acceptors (Lipinski definition) is 2. The molecule has 0 aliphatic carbocycles. The number of aromatic hydroxyl groups is 1. The van der Waals surface area contributed by atoms with E-state index in [4.69, 9.17) is 5.11 Å². The Morgan fingerprint density at radius 3 is 2.53 bits per heavy atom. The van der Waals surface area contributed by atoms with E-state index in [2.05, 4.69) is 15.9 Å². The van der Waals surface area contributed by atoms with Crippen molar-refractivity contribution in [2.45, 2.75) is 0 Å². The van der Waals surface area contributed by atoms with Crippen LogP contribution in [0.3, 0.4) is 0 Å². The molecule has 0 aromatic heterocycles. The molecule has 15 heavy (non-hydrogen) atoms. The first-order valence-corrected chi connectivity index (χ1v) is 5.03. The van der Waals surface area contributed by atoms with Gasteiger partial charge in [-0.05, 0) is 51.0 Å². The highest BCUT2D eigenvalue weighted by Gasteiger charge is 2.09. The molecule has 3 nitrogen and oxygen atoms in total. The minimum atomic E-state index is -0.975. The minimum absolute atomic E-state index is 0.164. The van der Waals surface area contributed by atoms with Gasteiger partial charge in [0.15, 0.2) is 0 Å². The maximum atomic E-state index is 10.9. The van der Waals surface area contributed by atoms with Crippen LogP contribution in [0.5, 0.6) is 5.75 Å². The highest BCUT2D eigenvalue weighted by Crippen LogP contribution is 2.26. The van der Waals surface area contributed by atoms with Crippen LogP contribution in [0.1, 0.15) is 10.4 Å². The molecule has 0 spiro atoms. The van der Waals surface area contributed by atoms with E-state index in [1.54, 1.807) is 24.3 Å². The number of phenolic OH excluding ortho intramolecular Hbond substituents is 1. The number of rotatable bonds is 1. The summed E-state index contributed by atoms with van der Waals surface area (Å²) in [6.07, 6.45) is 0. The van der Waals surface area contributed by atoms with Crippen LogP contribution >= 0.6 is 15.9 Å². The van der Waals surface area contributed by atoms with Crippen LogP contribution in [0.4, 0.5) is 0 Å². The van der Waals surface area contributed by atoms with Gasteiger partial charge in [-0.2, -0.15) is 0 Å². The van der Waals surface area contributed by atoms with Crippen molar-refractivity contribution in [1.82, 2.24) is 0 Å². The lowest BCUT2D eigenvalue weighted by Gasteiger charge is -2.03. The number of phenols is 1. The first-order valence-electron chi connectivity index (χ1n) is 4.23. The summed E-state index contributed by atoms with van der Waals surface area (Å²) in [5.74, 6) is -0.811. The van der Waals surface area contributed by atoms with Crippen LogP contribution in [0.2, 0.25) is 0 Å². The lowest BCUT2D eigenvalue weighted by atomic mass is 10.1. The molecule has 0 radical (unpaired) electrons. The number of carbonyl (C=O) groups is 1. The molecule has 76 valence electrons. The molecular formula is C11H7BrO3. The molecular weight excluding hydrogens is 260 g/mol. The van der Waals surface area contributed by atoms with E-state index in [1.165, 1.54) is 6.07 Å². The summed E-state index contributed by atoms with van der Waals surface area (Å²) in [6.45, 7) is 0. The molecule has 0 saturated heterocycles. The van der Waals surface area contributed by atoms with Gasteiger partial charge in [-0.1, -0.05) is 6.07 Å². The SMILES string of the molecule is O=C(O)c1cc2ccc(O)cc2cc1Br. The van der Waals surface area contributed by atoms with Crippen molar-refractivity contribution < 1.29 is 15.0 Å². The first kappa shape index (κ1) is 9.98. The summed E-state index contributed by atoms with van der Waals surface area (Å²) in [6, 6.07) is 8.05. The molecule has 2 N–H and O–H groups in total. The van der Waals surface area contributed by atoms with Crippen LogP contribution in [-0.2, 0) is 0 Å². The molecule has 0 amide bonds. The highest BCUT2D eigenvalue weighted by atomic mass is 79.9. The molecule has 2 rings (SSSR count). The normalized spacial score (nSPS) is 10.5. The van der Waals surface area contributed by atoms with E-state index < -0.39 is 5.97 Å². The zero-order valence-corrected chi connectivity index (χ0v) is 9.15. The fraction of sp³-hybridized carbons (Fsp3) is 0. The van der Waals surface area contributed by atoms with Gasteiger partial charge < -0.3 is 10.2 Å². The number of carboxylic acid groups (broad SMARTS) is 1. The quantitative estimate of drug-likeness (QED) is 0.834. The van der Waals surface area contributed by atoms with Crippen molar-refractivity contribution in [1.29, 1.82) is 0 Å². The van der Waals surface area contributed by atoms with Gasteiger partial charge in [0.2, 0.25) is 0 Å². The Labute approximate surface area is 94.1 Å². The topological polar surface area (TPSA) is 57.5 Å². The van der Waals surface area contributed by atoms with Crippen LogP contribution < -0.4 is 0 Å². The van der Waals surface area contributed by atoms with Gasteiger partial charge in [-0.3, -0.25) is 0 Å². The smallest absolute Gasteiger partial charge is 0.336 e. The third kappa shape index (κ3) is 1.80. The highest BCUT2D eigenvalue weighted by molar-refractivity contribution is 9.10. The largest absolute Gasteiger partial charge is 0.508 e. The van der Waals surface area contributed by atoms with Crippen molar-refractivity contribution in [2.75, 3.05) is 0 Å². The molecule has 0 fully saturated rings. The summed E-state index contributed by atoms with van der Waals surface area (Å²) in [5.41, 5.74) is 0.216. The van der Waals surface area contributed by atoms with Gasteiger partial charge in [-0.25, -0.2) is 4.79 Å². The van der Waals surface area contributed by atoms with E-state index in [0.29, 0.717) is 4.47 Å². The average Bonchev–Trinajstić information content (AvgIpc) is 2.15. The second-order valence-electron chi connectivity index (χ2n) is 3.17. The first-order chi connectivity index (χ1) is 7.08. The van der Waals surface area contributed by atoms with E-state index in [9.17, 15) is 9.90 Å². The molecule has 0 bridgehead atoms. The molecule has 0 atom stereocenters. The fourth-order valence-electron chi connectivity index (χ4n) is 1.42. The lowest BCUT2D eigenvalue weighted by molar-refractivity contribution is 0.0696. The van der Waals surface area contributed by atoms with E-state index in [-0.39, 0.29) is 11.3 Å². The van der Waals surface area contributed by atoms with Crippen molar-refractivity contribution >= 4 is 32.7 Å². The minimum Gasteiger partial charge on any atom is -0.508 e. The van der Waals surface area contributed by atoms with Gasteiger partial charge in [0.25, 0.3) is 0 Å². The Bertz CT molecular complexity index is 549. The second-order valence-corrected chi connectivity index (χ2v) is 4.02. The molecule has 2 aromatic rings. The molecule has 2 aromatic carbocycles. The maximum absolute atomic E-state index is 10.9. The predicted molar refractivity (Wildman–Crippen MR) is 60.3 cm³/mol. The van der Waals surface area contributed by atoms with Gasteiger partial charge in [0.05, 0.1) is 5.56 Å². The van der Waals surface area contributed by atoms with Crippen LogP contribution in [0.25, 0.3) is 10.8 Å². The van der Waals surface area contributed by atoms with Crippen LogP contribution in [0, 0.1) is 0 Å². The Balaban J connectivity index is 2.76. The van der Waals surface area contributed by atoms with Crippen LogP contribution in [-0.4, -0.2) is 16.2 Å². The number of hydrogen-bond donors (Lipinski definition) is 2. The third-order valence-corrected chi connectivity index (χ3v) is 2.80.